The lowest BCUT2D eigenvalue weighted by Crippen LogP contribution is -2.67. The molecule has 0 aromatic heterocycles. The predicted molar refractivity (Wildman–Crippen MR) is 343 cm³/mol. The monoisotopic (exact) mass is 1580 g/mol. The van der Waals surface area contributed by atoms with E-state index in [1.54, 1.807) is 0 Å². The van der Waals surface area contributed by atoms with Crippen molar-refractivity contribution in [3.8, 4) is 0 Å². The van der Waals surface area contributed by atoms with Gasteiger partial charge in [-0.25, -0.2) is 43.2 Å². The first-order valence-electron chi connectivity index (χ1n) is 37.1. The maximum atomic E-state index is 13.8. The molecule has 12 saturated heterocycles. The minimum absolute atomic E-state index is 0.0166. The van der Waals surface area contributed by atoms with Crippen molar-refractivity contribution in [1.82, 2.24) is 0 Å². The SMILES string of the molecule is CC1C(=O)O[C@H]2[C@H](O)[C@@]34C5C[C@@H](C(C)(C)C)C36[C@@H](OC(=O)[C@@H]6OCC(=O)O)O[C@@]4(C(=O)O5)[C@@]12O.CC1C(=O)O[C@H]2[C@H](O)[C@@]34C5C[C@@H](C(C)(C)C)C36[C@@H](OC(=O)[C@@H]6OCCOCC(=O)O)O[C@@]4(C(=O)O5)[C@@]12O.CC1C(=O)O[C@H]2[C@H](O)[C@@]34C5C[C@@H](C(C)(C)C)C36[C@@H](OC(=O)[C@@H]6OCCOCCOCC(=O)O)O[C@@]4(C(=O)O5)[C@@]12O. The molecular formula is C72H90O39. The van der Waals surface area contributed by atoms with E-state index in [0.29, 0.717) is 0 Å². The molecule has 0 aromatic carbocycles. The minimum Gasteiger partial charge on any atom is -0.480 e. The molecule has 9 unspecified atom stereocenters. The molecule has 6 aliphatic carbocycles. The number of ether oxygens (including phenoxy) is 18. The van der Waals surface area contributed by atoms with Gasteiger partial charge in [0.1, 0.15) is 56.4 Å². The van der Waals surface area contributed by atoms with Crippen LogP contribution >= 0.6 is 0 Å². The molecule has 111 heavy (non-hydrogen) atoms. The van der Waals surface area contributed by atoms with Crippen molar-refractivity contribution < 1.29 is 189 Å². The summed E-state index contributed by atoms with van der Waals surface area (Å²) in [6.45, 7) is 19.3. The van der Waals surface area contributed by atoms with E-state index in [1.165, 1.54) is 20.8 Å². The first kappa shape index (κ1) is 78.0. The van der Waals surface area contributed by atoms with Crippen LogP contribution < -0.4 is 0 Å². The van der Waals surface area contributed by atoms with Gasteiger partial charge in [-0.3, -0.25) is 14.4 Å². The van der Waals surface area contributed by atoms with E-state index in [-0.39, 0.29) is 58.9 Å². The zero-order valence-corrected chi connectivity index (χ0v) is 62.4. The van der Waals surface area contributed by atoms with Crippen molar-refractivity contribution in [2.45, 2.75) is 228 Å². The number of aliphatic carboxylic acids is 3. The number of hydrogen-bond donors (Lipinski definition) is 9. The van der Waals surface area contributed by atoms with Gasteiger partial charge in [0.25, 0.3) is 0 Å². The molecule has 39 nitrogen and oxygen atoms in total. The van der Waals surface area contributed by atoms with Gasteiger partial charge in [0.2, 0.25) is 35.7 Å². The molecule has 0 radical (unpaired) electrons. The number of esters is 9. The highest BCUT2D eigenvalue weighted by molar-refractivity contribution is 5.97. The number of carbonyl (C=O) groups is 12. The Bertz CT molecular complexity index is 4100. The van der Waals surface area contributed by atoms with Crippen molar-refractivity contribution in [2.75, 3.05) is 59.5 Å². The molecule has 18 fully saturated rings. The highest BCUT2D eigenvalue weighted by Gasteiger charge is 3.08. The number of aliphatic hydroxyl groups excluding tert-OH is 3. The Kier molecular flexibility index (Phi) is 16.8. The van der Waals surface area contributed by atoms with Gasteiger partial charge in [0.15, 0.2) is 53.4 Å². The van der Waals surface area contributed by atoms with Gasteiger partial charge < -0.3 is 131 Å². The Morgan fingerprint density at radius 1 is 0.369 bits per heavy atom. The first-order valence-corrected chi connectivity index (χ1v) is 37.1. The molecule has 18 aliphatic rings. The summed E-state index contributed by atoms with van der Waals surface area (Å²) >= 11 is 0. The van der Waals surface area contributed by atoms with E-state index in [2.05, 4.69) is 0 Å². The molecule has 39 heteroatoms. The van der Waals surface area contributed by atoms with Gasteiger partial charge in [-0.2, -0.15) is 0 Å². The van der Waals surface area contributed by atoms with Crippen LogP contribution in [0, 0.1) is 84.2 Å². The molecule has 0 amide bonds. The lowest BCUT2D eigenvalue weighted by molar-refractivity contribution is -0.240. The number of carbonyl (C=O) groups excluding carboxylic acids is 9. The fraction of sp³-hybridized carbons (Fsp3) is 0.833. The summed E-state index contributed by atoms with van der Waals surface area (Å²) in [6, 6.07) is 0. The maximum Gasteiger partial charge on any atom is 0.343 e. The molecule has 18 rings (SSSR count). The molecule has 612 valence electrons. The molecule has 6 spiro atoms. The number of fused-ring (bicyclic) bond motifs is 3. The van der Waals surface area contributed by atoms with Gasteiger partial charge in [0, 0.05) is 0 Å². The molecule has 0 bridgehead atoms. The van der Waals surface area contributed by atoms with E-state index >= 15 is 0 Å². The second kappa shape index (κ2) is 23.9. The summed E-state index contributed by atoms with van der Waals surface area (Å²) in [5.74, 6) is -16.6. The highest BCUT2D eigenvalue weighted by Crippen LogP contribution is 2.89. The first-order chi connectivity index (χ1) is 51.7. The van der Waals surface area contributed by atoms with Crippen molar-refractivity contribution >= 4 is 71.6 Å². The number of hydrogen-bond acceptors (Lipinski definition) is 36. The van der Waals surface area contributed by atoms with Crippen LogP contribution in [0.1, 0.15) is 102 Å². The average Bonchev–Trinajstić information content (AvgIpc) is 1.43. The number of carboxylic acid groups (broad SMARTS) is 3. The summed E-state index contributed by atoms with van der Waals surface area (Å²) < 4.78 is 103. The van der Waals surface area contributed by atoms with Crippen LogP contribution in [0.25, 0.3) is 0 Å². The second-order valence-corrected chi connectivity index (χ2v) is 35.9. The number of rotatable bonds is 18. The fourth-order valence-electron chi connectivity index (χ4n) is 26.0. The van der Waals surface area contributed by atoms with E-state index in [1.807, 2.05) is 62.3 Å². The zero-order chi connectivity index (χ0) is 80.8. The summed E-state index contributed by atoms with van der Waals surface area (Å²) in [4.78, 5) is 151. The molecule has 9 N–H and O–H groups in total. The maximum absolute atomic E-state index is 13.8. The van der Waals surface area contributed by atoms with Crippen molar-refractivity contribution in [1.29, 1.82) is 0 Å². The van der Waals surface area contributed by atoms with E-state index in [0.717, 1.165) is 0 Å². The van der Waals surface area contributed by atoms with Gasteiger partial charge in [-0.1, -0.05) is 62.3 Å². The predicted octanol–water partition coefficient (Wildman–Crippen LogP) is -3.73. The fourth-order valence-corrected chi connectivity index (χ4v) is 26.0. The molecule has 12 aliphatic heterocycles. The van der Waals surface area contributed by atoms with E-state index in [9.17, 15) is 93.3 Å². The van der Waals surface area contributed by atoms with Gasteiger partial charge in [-0.15, -0.1) is 0 Å². The number of carboxylic acids is 3. The third-order valence-electron chi connectivity index (χ3n) is 29.1. The smallest absolute Gasteiger partial charge is 0.343 e. The topological polar surface area (TPSA) is 553 Å². The molecule has 33 atom stereocenters. The summed E-state index contributed by atoms with van der Waals surface area (Å²) in [6.07, 6.45) is -20.4. The van der Waals surface area contributed by atoms with E-state index in [4.69, 9.17) is 95.5 Å². The third-order valence-corrected chi connectivity index (χ3v) is 29.1. The number of aliphatic hydroxyl groups is 6. The molecule has 0 aromatic rings. The zero-order valence-electron chi connectivity index (χ0n) is 62.4. The quantitative estimate of drug-likeness (QED) is 0.0362. The van der Waals surface area contributed by atoms with Crippen molar-refractivity contribution in [3.05, 3.63) is 0 Å². The Morgan fingerprint density at radius 2 is 0.631 bits per heavy atom. The van der Waals surface area contributed by atoms with Crippen molar-refractivity contribution in [3.63, 3.8) is 0 Å². The van der Waals surface area contributed by atoms with Gasteiger partial charge in [0.05, 0.1) is 89.9 Å². The third kappa shape index (κ3) is 8.16. The van der Waals surface area contributed by atoms with Crippen LogP contribution in [-0.2, 0) is 143 Å². The standard InChI is InChI=1S/C26H34O14.C24H30O13.C22H26O12/c1-11-18(30)38-16-15(29)24-13-9-12(22(2,3)4)23(24)17(36-8-7-34-5-6-35-10-14(27)28)19(31)39-21(23)40-26(24,20(32)37-13)25(11,16)33;1-9-16(28)35-14-13(27)22-11-7-10(20(2,3)4)21(22)15(33-6-5-32-8-12(25)26)17(29)36-19(21)37-24(22,18(30)34-11)23(9,14)31;1-7-14(26)32-12-11(25)20-9-5-8(18(2,3)4)19(20)13(30-6-10(23)24)15(27)33-17(19)34-22(20,16(28)31-9)21(7,12)29/h11-13,15-17,21,29,33H,5-10H2,1-4H3,(H,27,28);9-11,13-15,19,27,31H,5-8H2,1-4H3,(H,25,26);7-9,11-13,17,25,29H,5-6H2,1-4H3,(H,23,24)/t11?,12-,13?,15-,16-,17-,21-,23?,24-,25+,26+;9?,10-,11?,13-,14-,15-,19-,21?,22-,23+,24+;7?,8-,9?,11-,12-,13-,17-,19?,20-,21+,22+/m000/s1. The Balaban J connectivity index is 0.000000127. The van der Waals surface area contributed by atoms with Crippen LogP contribution in [0.5, 0.6) is 0 Å². The van der Waals surface area contributed by atoms with Crippen LogP contribution in [-0.4, -0.2) is 303 Å². The Labute approximate surface area is 630 Å². The lowest BCUT2D eigenvalue weighted by Gasteiger charge is -2.48. The lowest BCUT2D eigenvalue weighted by atomic mass is 9.51. The average molecular weight is 1580 g/mol. The van der Waals surface area contributed by atoms with Gasteiger partial charge >= 0.3 is 71.6 Å². The molecule has 12 heterocycles. The van der Waals surface area contributed by atoms with Crippen LogP contribution in [0.3, 0.4) is 0 Å². The Hall–Kier alpha value is -6.96. The van der Waals surface area contributed by atoms with Gasteiger partial charge in [-0.05, 0) is 74.0 Å². The molecule has 6 saturated carbocycles. The van der Waals surface area contributed by atoms with Crippen molar-refractivity contribution in [2.24, 2.45) is 84.2 Å². The largest absolute Gasteiger partial charge is 0.480 e. The Morgan fingerprint density at radius 3 is 0.910 bits per heavy atom. The van der Waals surface area contributed by atoms with Crippen LogP contribution in [0.15, 0.2) is 0 Å². The molecular weight excluding hydrogens is 1490 g/mol. The van der Waals surface area contributed by atoms with Crippen LogP contribution in [0.4, 0.5) is 0 Å². The van der Waals surface area contributed by atoms with Crippen LogP contribution in [0.2, 0.25) is 0 Å². The summed E-state index contributed by atoms with van der Waals surface area (Å²) in [5, 5.41) is 98.8. The van der Waals surface area contributed by atoms with E-state index < -0.39 is 301 Å². The normalized spacial score (nSPS) is 50.9. The summed E-state index contributed by atoms with van der Waals surface area (Å²) in [7, 11) is 0. The summed E-state index contributed by atoms with van der Waals surface area (Å²) in [5.41, 5.74) is -25.3. The highest BCUT2D eigenvalue weighted by atomic mass is 16.8. The minimum atomic E-state index is -2.32. The second-order valence-electron chi connectivity index (χ2n) is 35.9.